The third-order valence-corrected chi connectivity index (χ3v) is 6.69. The Labute approximate surface area is 198 Å². The highest BCUT2D eigenvalue weighted by molar-refractivity contribution is 5.76. The van der Waals surface area contributed by atoms with E-state index in [1.807, 2.05) is 4.90 Å². The van der Waals surface area contributed by atoms with Crippen LogP contribution < -0.4 is 4.90 Å². The first-order valence-corrected chi connectivity index (χ1v) is 12.7. The number of aromatic nitrogens is 2. The van der Waals surface area contributed by atoms with Crippen molar-refractivity contribution >= 4 is 11.7 Å². The van der Waals surface area contributed by atoms with E-state index in [0.29, 0.717) is 26.2 Å². The largest absolute Gasteiger partial charge is 0.378 e. The lowest BCUT2D eigenvalue weighted by atomic mass is 10.0. The molecule has 1 saturated heterocycles. The molecule has 6 heteroatoms. The Morgan fingerprint density at radius 2 is 1.88 bits per heavy atom. The van der Waals surface area contributed by atoms with Gasteiger partial charge in [-0.3, -0.25) is 4.79 Å². The van der Waals surface area contributed by atoms with Gasteiger partial charge in [0.25, 0.3) is 0 Å². The minimum Gasteiger partial charge on any atom is -0.378 e. The summed E-state index contributed by atoms with van der Waals surface area (Å²) in [6.07, 6.45) is 8.04. The van der Waals surface area contributed by atoms with E-state index in [9.17, 15) is 4.79 Å². The number of hydrogen-bond donors (Lipinski definition) is 0. The van der Waals surface area contributed by atoms with Crippen molar-refractivity contribution in [2.75, 3.05) is 37.7 Å². The molecule has 0 spiro atoms. The van der Waals surface area contributed by atoms with Gasteiger partial charge in [-0.2, -0.15) is 0 Å². The molecule has 0 unspecified atom stereocenters. The Morgan fingerprint density at radius 1 is 1.06 bits per heavy atom. The quantitative estimate of drug-likeness (QED) is 0.528. The third-order valence-electron chi connectivity index (χ3n) is 6.69. The molecule has 33 heavy (non-hydrogen) atoms. The molecule has 0 atom stereocenters. The van der Waals surface area contributed by atoms with Crippen LogP contribution >= 0.6 is 0 Å². The number of nitrogens with zero attached hydrogens (tertiary/aromatic N) is 4. The monoisotopic (exact) mass is 450 g/mol. The highest BCUT2D eigenvalue weighted by atomic mass is 16.5. The van der Waals surface area contributed by atoms with Gasteiger partial charge in [-0.15, -0.1) is 0 Å². The summed E-state index contributed by atoms with van der Waals surface area (Å²) in [6.45, 7) is 8.81. The van der Waals surface area contributed by atoms with E-state index in [2.05, 4.69) is 43.0 Å². The number of unbranched alkanes of at least 4 members (excludes halogenated alkanes) is 4. The number of aryl methyl sites for hydroxylation is 1. The molecule has 2 aromatic rings. The fourth-order valence-corrected chi connectivity index (χ4v) is 4.82. The Hall–Kier alpha value is -2.47. The molecule has 6 nitrogen and oxygen atoms in total. The topological polar surface area (TPSA) is 58.6 Å². The van der Waals surface area contributed by atoms with Crippen molar-refractivity contribution < 1.29 is 9.53 Å². The second-order valence-corrected chi connectivity index (χ2v) is 9.38. The maximum absolute atomic E-state index is 12.9. The average Bonchev–Trinajstić information content (AvgIpc) is 2.83. The zero-order valence-electron chi connectivity index (χ0n) is 20.3. The first kappa shape index (κ1) is 23.7. The second-order valence-electron chi connectivity index (χ2n) is 9.38. The number of amides is 1. The molecule has 0 aliphatic carbocycles. The smallest absolute Gasteiger partial charge is 0.222 e. The standard InChI is InChI=1S/C27H38N4O2/c1-3-4-5-6-7-11-26(32)31-13-12-24-23(20-31)27(30-14-16-33-17-15-30)29-25(28-24)19-22-10-8-9-21(2)18-22/h8-10,18H,3-7,11-17,19-20H2,1-2H3. The summed E-state index contributed by atoms with van der Waals surface area (Å²) in [7, 11) is 0. The van der Waals surface area contributed by atoms with Gasteiger partial charge in [0.2, 0.25) is 5.91 Å². The van der Waals surface area contributed by atoms with E-state index in [4.69, 9.17) is 14.7 Å². The first-order chi connectivity index (χ1) is 16.1. The summed E-state index contributed by atoms with van der Waals surface area (Å²) in [5, 5.41) is 0. The zero-order valence-corrected chi connectivity index (χ0v) is 20.3. The molecule has 1 aromatic heterocycles. The predicted octanol–water partition coefficient (Wildman–Crippen LogP) is 4.46. The van der Waals surface area contributed by atoms with Gasteiger partial charge < -0.3 is 14.5 Å². The van der Waals surface area contributed by atoms with E-state index in [1.54, 1.807) is 0 Å². The van der Waals surface area contributed by atoms with Crippen LogP contribution in [-0.4, -0.2) is 53.6 Å². The van der Waals surface area contributed by atoms with Gasteiger partial charge in [-0.05, 0) is 18.9 Å². The van der Waals surface area contributed by atoms with Crippen LogP contribution in [0.5, 0.6) is 0 Å². The highest BCUT2D eigenvalue weighted by Gasteiger charge is 2.28. The molecule has 2 aliphatic heterocycles. The molecule has 2 aliphatic rings. The lowest BCUT2D eigenvalue weighted by Crippen LogP contribution is -2.41. The SMILES string of the molecule is CCCCCCCC(=O)N1CCc2nc(Cc3cccc(C)c3)nc(N3CCOCC3)c2C1. The predicted molar refractivity (Wildman–Crippen MR) is 132 cm³/mol. The fourth-order valence-electron chi connectivity index (χ4n) is 4.82. The molecule has 1 fully saturated rings. The van der Waals surface area contributed by atoms with Gasteiger partial charge in [0.1, 0.15) is 11.6 Å². The minimum absolute atomic E-state index is 0.272. The van der Waals surface area contributed by atoms with Gasteiger partial charge in [0.05, 0.1) is 25.5 Å². The molecule has 0 saturated carbocycles. The van der Waals surface area contributed by atoms with Crippen LogP contribution in [0.25, 0.3) is 0 Å². The molecular weight excluding hydrogens is 412 g/mol. The van der Waals surface area contributed by atoms with Gasteiger partial charge in [0, 0.05) is 44.5 Å². The molecular formula is C27H38N4O2. The lowest BCUT2D eigenvalue weighted by molar-refractivity contribution is -0.132. The van der Waals surface area contributed by atoms with Crippen LogP contribution in [0.15, 0.2) is 24.3 Å². The molecule has 0 radical (unpaired) electrons. The average molecular weight is 451 g/mol. The van der Waals surface area contributed by atoms with Crippen LogP contribution in [-0.2, 0) is 28.9 Å². The number of morpholine rings is 1. The van der Waals surface area contributed by atoms with Crippen molar-refractivity contribution in [1.82, 2.24) is 14.9 Å². The minimum atomic E-state index is 0.272. The number of hydrogen-bond acceptors (Lipinski definition) is 5. The summed E-state index contributed by atoms with van der Waals surface area (Å²) in [5.74, 6) is 2.15. The maximum atomic E-state index is 12.9. The van der Waals surface area contributed by atoms with Crippen molar-refractivity contribution in [3.63, 3.8) is 0 Å². The molecule has 178 valence electrons. The number of carbonyl (C=O) groups excluding carboxylic acids is 1. The van der Waals surface area contributed by atoms with Gasteiger partial charge >= 0.3 is 0 Å². The number of benzene rings is 1. The Kier molecular flexibility index (Phi) is 8.32. The van der Waals surface area contributed by atoms with Crippen molar-refractivity contribution in [2.24, 2.45) is 0 Å². The Balaban J connectivity index is 1.52. The molecule has 4 rings (SSSR count). The summed E-state index contributed by atoms with van der Waals surface area (Å²) >= 11 is 0. The van der Waals surface area contributed by atoms with Crippen LogP contribution in [0.4, 0.5) is 5.82 Å². The Bertz CT molecular complexity index is 940. The summed E-state index contributed by atoms with van der Waals surface area (Å²) < 4.78 is 5.59. The lowest BCUT2D eigenvalue weighted by Gasteiger charge is -2.34. The number of rotatable bonds is 9. The van der Waals surface area contributed by atoms with Crippen molar-refractivity contribution in [2.45, 2.75) is 71.8 Å². The molecule has 1 amide bonds. The van der Waals surface area contributed by atoms with Gasteiger partial charge in [-0.1, -0.05) is 62.4 Å². The highest BCUT2D eigenvalue weighted by Crippen LogP contribution is 2.28. The zero-order chi connectivity index (χ0) is 23.0. The molecule has 3 heterocycles. The maximum Gasteiger partial charge on any atom is 0.222 e. The number of carbonyl (C=O) groups is 1. The van der Waals surface area contributed by atoms with E-state index in [-0.39, 0.29) is 5.91 Å². The molecule has 0 bridgehead atoms. The molecule has 1 aromatic carbocycles. The normalized spacial score (nSPS) is 16.1. The summed E-state index contributed by atoms with van der Waals surface area (Å²) in [6, 6.07) is 8.56. The van der Waals surface area contributed by atoms with E-state index < -0.39 is 0 Å². The van der Waals surface area contributed by atoms with Gasteiger partial charge in [0.15, 0.2) is 0 Å². The van der Waals surface area contributed by atoms with E-state index in [0.717, 1.165) is 68.2 Å². The van der Waals surface area contributed by atoms with Crippen LogP contribution in [0, 0.1) is 6.92 Å². The Morgan fingerprint density at radius 3 is 2.67 bits per heavy atom. The summed E-state index contributed by atoms with van der Waals surface area (Å²) in [4.78, 5) is 27.3. The third kappa shape index (κ3) is 6.32. The number of ether oxygens (including phenoxy) is 1. The van der Waals surface area contributed by atoms with Crippen molar-refractivity contribution in [3.05, 3.63) is 52.5 Å². The van der Waals surface area contributed by atoms with E-state index >= 15 is 0 Å². The summed E-state index contributed by atoms with van der Waals surface area (Å²) in [5.41, 5.74) is 4.73. The van der Waals surface area contributed by atoms with E-state index in [1.165, 1.54) is 30.4 Å². The van der Waals surface area contributed by atoms with Crippen molar-refractivity contribution in [3.8, 4) is 0 Å². The first-order valence-electron chi connectivity index (χ1n) is 12.7. The van der Waals surface area contributed by atoms with Crippen LogP contribution in [0.1, 0.15) is 73.7 Å². The fraction of sp³-hybridized carbons (Fsp3) is 0.593. The van der Waals surface area contributed by atoms with Crippen LogP contribution in [0.3, 0.4) is 0 Å². The van der Waals surface area contributed by atoms with Crippen molar-refractivity contribution in [1.29, 1.82) is 0 Å². The molecule has 0 N–H and O–H groups in total. The van der Waals surface area contributed by atoms with Crippen LogP contribution in [0.2, 0.25) is 0 Å². The number of fused-ring (bicyclic) bond motifs is 1. The van der Waals surface area contributed by atoms with Gasteiger partial charge in [-0.25, -0.2) is 9.97 Å². The second kappa shape index (κ2) is 11.6. The number of anilines is 1.